The Bertz CT molecular complexity index is 458. The minimum Gasteiger partial charge on any atom is -0.366 e. The zero-order valence-electron chi connectivity index (χ0n) is 10.5. The summed E-state index contributed by atoms with van der Waals surface area (Å²) in [6, 6.07) is 6.85. The number of primary amides is 1. The number of carbonyl (C=O) groups is 2. The molecule has 2 amide bonds. The Morgan fingerprint density at radius 3 is 2.61 bits per heavy atom. The molecule has 3 N–H and O–H groups in total. The van der Waals surface area contributed by atoms with Crippen LogP contribution in [0.3, 0.4) is 0 Å². The van der Waals surface area contributed by atoms with Gasteiger partial charge in [-0.25, -0.2) is 0 Å². The molecule has 0 aliphatic heterocycles. The van der Waals surface area contributed by atoms with Crippen LogP contribution in [0.1, 0.15) is 29.8 Å². The Kier molecular flexibility index (Phi) is 4.73. The average Bonchev–Trinajstić information content (AvgIpc) is 2.36. The number of nitrogens with one attached hydrogen (secondary N) is 1. The van der Waals surface area contributed by atoms with E-state index >= 15 is 0 Å². The summed E-state index contributed by atoms with van der Waals surface area (Å²) >= 11 is 5.71. The third-order valence-corrected chi connectivity index (χ3v) is 3.28. The molecule has 4 nitrogen and oxygen atoms in total. The number of halogens is 1. The fraction of sp³-hybridized carbons (Fsp3) is 0.385. The molecule has 0 saturated heterocycles. The van der Waals surface area contributed by atoms with Crippen LogP contribution in [0.2, 0.25) is 0 Å². The summed E-state index contributed by atoms with van der Waals surface area (Å²) < 4.78 is 0. The van der Waals surface area contributed by atoms with Crippen LogP contribution in [0, 0.1) is 5.41 Å². The monoisotopic (exact) mass is 268 g/mol. The van der Waals surface area contributed by atoms with Crippen molar-refractivity contribution in [1.82, 2.24) is 5.32 Å². The molecule has 1 aromatic rings. The minimum atomic E-state index is -0.608. The van der Waals surface area contributed by atoms with E-state index in [4.69, 9.17) is 17.3 Å². The molecule has 0 aliphatic carbocycles. The van der Waals surface area contributed by atoms with Crippen molar-refractivity contribution < 1.29 is 9.59 Å². The first-order valence-corrected chi connectivity index (χ1v) is 6.13. The molecule has 0 bridgehead atoms. The lowest BCUT2D eigenvalue weighted by molar-refractivity contribution is -0.128. The third kappa shape index (κ3) is 3.74. The number of hydrogen-bond donors (Lipinski definition) is 2. The first kappa shape index (κ1) is 14.5. The highest BCUT2D eigenvalue weighted by Gasteiger charge is 2.25. The normalized spacial score (nSPS) is 11.1. The summed E-state index contributed by atoms with van der Waals surface area (Å²) in [5.74, 6) is -0.355. The van der Waals surface area contributed by atoms with Crippen molar-refractivity contribution in [2.45, 2.75) is 20.4 Å². The first-order valence-electron chi connectivity index (χ1n) is 5.60. The maximum Gasteiger partial charge on any atom is 0.248 e. The SMILES string of the molecule is CC(C)(CCl)C(=O)NCc1cccc(C(N)=O)c1. The Morgan fingerprint density at radius 2 is 2.06 bits per heavy atom. The quantitative estimate of drug-likeness (QED) is 0.798. The number of amides is 2. The summed E-state index contributed by atoms with van der Waals surface area (Å²) in [6.45, 7) is 3.89. The lowest BCUT2D eigenvalue weighted by Crippen LogP contribution is -2.37. The Balaban J connectivity index is 2.67. The van der Waals surface area contributed by atoms with E-state index in [0.717, 1.165) is 5.56 Å². The number of nitrogens with two attached hydrogens (primary N) is 1. The van der Waals surface area contributed by atoms with Gasteiger partial charge in [0, 0.05) is 18.0 Å². The van der Waals surface area contributed by atoms with E-state index in [9.17, 15) is 9.59 Å². The molecule has 98 valence electrons. The van der Waals surface area contributed by atoms with Gasteiger partial charge in [0.2, 0.25) is 11.8 Å². The van der Waals surface area contributed by atoms with Crippen LogP contribution in [0.4, 0.5) is 0 Å². The third-order valence-electron chi connectivity index (χ3n) is 2.61. The van der Waals surface area contributed by atoms with E-state index in [-0.39, 0.29) is 11.8 Å². The lowest BCUT2D eigenvalue weighted by Gasteiger charge is -2.20. The topological polar surface area (TPSA) is 72.2 Å². The molecular formula is C13H17ClN2O2. The van der Waals surface area contributed by atoms with Crippen molar-refractivity contribution in [3.63, 3.8) is 0 Å². The largest absolute Gasteiger partial charge is 0.366 e. The zero-order chi connectivity index (χ0) is 13.8. The molecule has 0 heterocycles. The molecule has 0 radical (unpaired) electrons. The summed E-state index contributed by atoms with van der Waals surface area (Å²) in [6.07, 6.45) is 0. The molecule has 0 aromatic heterocycles. The second kappa shape index (κ2) is 5.87. The molecule has 0 aliphatic rings. The number of hydrogen-bond acceptors (Lipinski definition) is 2. The van der Waals surface area contributed by atoms with Crippen molar-refractivity contribution in [3.8, 4) is 0 Å². The summed E-state index contributed by atoms with van der Waals surface area (Å²) in [4.78, 5) is 22.8. The standard InChI is InChI=1S/C13H17ClN2O2/c1-13(2,8-14)12(18)16-7-9-4-3-5-10(6-9)11(15)17/h3-6H,7-8H2,1-2H3,(H2,15,17)(H,16,18). The van der Waals surface area contributed by atoms with Crippen molar-refractivity contribution in [2.24, 2.45) is 11.1 Å². The fourth-order valence-electron chi connectivity index (χ4n) is 1.32. The predicted molar refractivity (Wildman–Crippen MR) is 71.3 cm³/mol. The molecular weight excluding hydrogens is 252 g/mol. The van der Waals surface area contributed by atoms with Crippen molar-refractivity contribution in [2.75, 3.05) is 5.88 Å². The predicted octanol–water partition coefficient (Wildman–Crippen LogP) is 1.67. The van der Waals surface area contributed by atoms with Crippen LogP contribution in [-0.4, -0.2) is 17.7 Å². The molecule has 18 heavy (non-hydrogen) atoms. The lowest BCUT2D eigenvalue weighted by atomic mass is 9.95. The number of benzene rings is 1. The van der Waals surface area contributed by atoms with Crippen LogP contribution < -0.4 is 11.1 Å². The van der Waals surface area contributed by atoms with Gasteiger partial charge in [-0.15, -0.1) is 11.6 Å². The van der Waals surface area contributed by atoms with Gasteiger partial charge < -0.3 is 11.1 Å². The van der Waals surface area contributed by atoms with Crippen LogP contribution in [-0.2, 0) is 11.3 Å². The second-order valence-electron chi connectivity index (χ2n) is 4.76. The summed E-state index contributed by atoms with van der Waals surface area (Å²) in [5.41, 5.74) is 5.83. The second-order valence-corrected chi connectivity index (χ2v) is 5.03. The van der Waals surface area contributed by atoms with Crippen LogP contribution >= 0.6 is 11.6 Å². The minimum absolute atomic E-state index is 0.123. The summed E-state index contributed by atoms with van der Waals surface area (Å²) in [5, 5.41) is 2.78. The molecule has 0 saturated carbocycles. The van der Waals surface area contributed by atoms with Gasteiger partial charge in [-0.1, -0.05) is 12.1 Å². The van der Waals surface area contributed by atoms with Crippen molar-refractivity contribution in [1.29, 1.82) is 0 Å². The number of carbonyl (C=O) groups excluding carboxylic acids is 2. The molecule has 0 atom stereocenters. The van der Waals surface area contributed by atoms with Gasteiger partial charge in [0.05, 0.1) is 5.41 Å². The van der Waals surface area contributed by atoms with Crippen LogP contribution in [0.25, 0.3) is 0 Å². The first-order chi connectivity index (χ1) is 8.36. The van der Waals surface area contributed by atoms with E-state index in [1.54, 1.807) is 32.0 Å². The van der Waals surface area contributed by atoms with Crippen molar-refractivity contribution >= 4 is 23.4 Å². The maximum atomic E-state index is 11.8. The molecule has 5 heteroatoms. The van der Waals surface area contributed by atoms with Gasteiger partial charge in [-0.2, -0.15) is 0 Å². The van der Waals surface area contributed by atoms with Gasteiger partial charge >= 0.3 is 0 Å². The van der Waals surface area contributed by atoms with Gasteiger partial charge in [-0.05, 0) is 31.5 Å². The van der Waals surface area contributed by atoms with Crippen molar-refractivity contribution in [3.05, 3.63) is 35.4 Å². The highest BCUT2D eigenvalue weighted by Crippen LogP contribution is 2.17. The Morgan fingerprint density at radius 1 is 1.39 bits per heavy atom. The van der Waals surface area contributed by atoms with E-state index in [0.29, 0.717) is 12.1 Å². The molecule has 1 aromatic carbocycles. The Hall–Kier alpha value is -1.55. The maximum absolute atomic E-state index is 11.8. The van der Waals surface area contributed by atoms with Gasteiger partial charge in [0.15, 0.2) is 0 Å². The highest BCUT2D eigenvalue weighted by molar-refractivity contribution is 6.19. The molecule has 0 unspecified atom stereocenters. The fourth-order valence-corrected chi connectivity index (χ4v) is 1.44. The average molecular weight is 269 g/mol. The van der Waals surface area contributed by atoms with Crippen LogP contribution in [0.15, 0.2) is 24.3 Å². The smallest absolute Gasteiger partial charge is 0.248 e. The van der Waals surface area contributed by atoms with Gasteiger partial charge in [-0.3, -0.25) is 9.59 Å². The molecule has 0 spiro atoms. The van der Waals surface area contributed by atoms with E-state index in [2.05, 4.69) is 5.32 Å². The molecule has 0 fully saturated rings. The number of rotatable bonds is 5. The molecule has 1 rings (SSSR count). The van der Waals surface area contributed by atoms with Gasteiger partial charge in [0.1, 0.15) is 0 Å². The van der Waals surface area contributed by atoms with Crippen LogP contribution in [0.5, 0.6) is 0 Å². The van der Waals surface area contributed by atoms with E-state index in [1.165, 1.54) is 0 Å². The zero-order valence-corrected chi connectivity index (χ0v) is 11.3. The Labute approximate surface area is 112 Å². The number of alkyl halides is 1. The van der Waals surface area contributed by atoms with Gasteiger partial charge in [0.25, 0.3) is 0 Å². The highest BCUT2D eigenvalue weighted by atomic mass is 35.5. The van der Waals surface area contributed by atoms with E-state index < -0.39 is 11.3 Å². The summed E-state index contributed by atoms with van der Waals surface area (Å²) in [7, 11) is 0. The van der Waals surface area contributed by atoms with E-state index in [1.807, 2.05) is 6.07 Å².